The van der Waals surface area contributed by atoms with E-state index in [9.17, 15) is 14.4 Å². The van der Waals surface area contributed by atoms with Gasteiger partial charge in [-0.3, -0.25) is 4.79 Å². The van der Waals surface area contributed by atoms with Crippen molar-refractivity contribution in [2.45, 2.75) is 31.7 Å². The number of carboxylic acid groups (broad SMARTS) is 1. The van der Waals surface area contributed by atoms with Crippen molar-refractivity contribution in [1.29, 1.82) is 0 Å². The molecule has 1 aromatic heterocycles. The number of aromatic nitrogens is 1. The van der Waals surface area contributed by atoms with Crippen LogP contribution < -0.4 is 16.4 Å². The second-order valence-electron chi connectivity index (χ2n) is 4.52. The first-order chi connectivity index (χ1) is 9.90. The van der Waals surface area contributed by atoms with Gasteiger partial charge in [0.2, 0.25) is 5.91 Å². The summed E-state index contributed by atoms with van der Waals surface area (Å²) in [7, 11) is 0. The van der Waals surface area contributed by atoms with Crippen molar-refractivity contribution < 1.29 is 19.5 Å². The third kappa shape index (κ3) is 6.21. The highest BCUT2D eigenvalue weighted by Gasteiger charge is 2.20. The van der Waals surface area contributed by atoms with Gasteiger partial charge < -0.3 is 21.5 Å². The molecule has 8 nitrogen and oxygen atoms in total. The Morgan fingerprint density at radius 3 is 2.71 bits per heavy atom. The van der Waals surface area contributed by atoms with Crippen molar-refractivity contribution in [3.63, 3.8) is 0 Å². The number of rotatable bonds is 8. The average molecular weight is 314 g/mol. The number of nitrogens with two attached hydrogens (primary N) is 1. The summed E-state index contributed by atoms with van der Waals surface area (Å²) < 4.78 is 0. The zero-order valence-corrected chi connectivity index (χ0v) is 12.4. The van der Waals surface area contributed by atoms with Gasteiger partial charge in [0.05, 0.1) is 5.01 Å². The van der Waals surface area contributed by atoms with Gasteiger partial charge in [0.1, 0.15) is 6.04 Å². The quantitative estimate of drug-likeness (QED) is 0.546. The van der Waals surface area contributed by atoms with Crippen LogP contribution in [0.25, 0.3) is 0 Å². The van der Waals surface area contributed by atoms with Gasteiger partial charge in [0.15, 0.2) is 0 Å². The molecule has 0 aliphatic rings. The van der Waals surface area contributed by atoms with Gasteiger partial charge >= 0.3 is 12.0 Å². The van der Waals surface area contributed by atoms with Crippen molar-refractivity contribution in [1.82, 2.24) is 15.6 Å². The molecule has 21 heavy (non-hydrogen) atoms. The Bertz CT molecular complexity index is 491. The molecule has 0 fully saturated rings. The van der Waals surface area contributed by atoms with E-state index in [4.69, 9.17) is 10.8 Å². The SMILES string of the molecule is CC(CNC(=O)NC(CCC(N)=O)C(=O)O)c1nccs1. The number of aliphatic carboxylic acids is 1. The number of urea groups is 1. The van der Waals surface area contributed by atoms with Crippen LogP contribution in [0.1, 0.15) is 30.7 Å². The van der Waals surface area contributed by atoms with E-state index >= 15 is 0 Å². The second kappa shape index (κ2) is 8.20. The van der Waals surface area contributed by atoms with Gasteiger partial charge in [-0.15, -0.1) is 11.3 Å². The molecular weight excluding hydrogens is 296 g/mol. The lowest BCUT2D eigenvalue weighted by atomic mass is 10.1. The molecular formula is C12H18N4O4S. The van der Waals surface area contributed by atoms with Crippen molar-refractivity contribution >= 4 is 29.2 Å². The van der Waals surface area contributed by atoms with Crippen molar-refractivity contribution in [3.05, 3.63) is 16.6 Å². The van der Waals surface area contributed by atoms with Crippen LogP contribution in [0.2, 0.25) is 0 Å². The Labute approximate surface area is 125 Å². The third-order valence-electron chi connectivity index (χ3n) is 2.72. The van der Waals surface area contributed by atoms with Crippen LogP contribution in [0.4, 0.5) is 4.79 Å². The fourth-order valence-electron chi connectivity index (χ4n) is 1.56. The van der Waals surface area contributed by atoms with Gasteiger partial charge in [0.25, 0.3) is 0 Å². The average Bonchev–Trinajstić information content (AvgIpc) is 2.94. The van der Waals surface area contributed by atoms with Crippen LogP contribution in [0, 0.1) is 0 Å². The summed E-state index contributed by atoms with van der Waals surface area (Å²) >= 11 is 1.48. The summed E-state index contributed by atoms with van der Waals surface area (Å²) in [4.78, 5) is 37.4. The van der Waals surface area contributed by atoms with Crippen LogP contribution in [0.5, 0.6) is 0 Å². The van der Waals surface area contributed by atoms with Crippen LogP contribution in [-0.2, 0) is 9.59 Å². The van der Waals surface area contributed by atoms with E-state index in [2.05, 4.69) is 15.6 Å². The highest BCUT2D eigenvalue weighted by atomic mass is 32.1. The van der Waals surface area contributed by atoms with E-state index in [0.29, 0.717) is 6.54 Å². The van der Waals surface area contributed by atoms with Gasteiger partial charge in [-0.25, -0.2) is 14.6 Å². The molecule has 5 N–H and O–H groups in total. The number of carbonyl (C=O) groups is 3. The molecule has 2 atom stereocenters. The van der Waals surface area contributed by atoms with E-state index in [0.717, 1.165) is 5.01 Å². The first kappa shape index (κ1) is 16.9. The van der Waals surface area contributed by atoms with Gasteiger partial charge in [-0.05, 0) is 6.42 Å². The van der Waals surface area contributed by atoms with Crippen LogP contribution in [0.3, 0.4) is 0 Å². The van der Waals surface area contributed by atoms with Crippen LogP contribution >= 0.6 is 11.3 Å². The minimum atomic E-state index is -1.21. The van der Waals surface area contributed by atoms with Gasteiger partial charge in [-0.1, -0.05) is 6.92 Å². The van der Waals surface area contributed by atoms with E-state index < -0.39 is 23.9 Å². The van der Waals surface area contributed by atoms with Gasteiger partial charge in [-0.2, -0.15) is 0 Å². The number of primary amides is 1. The lowest BCUT2D eigenvalue weighted by molar-refractivity contribution is -0.139. The summed E-state index contributed by atoms with van der Waals surface area (Å²) in [5.41, 5.74) is 4.96. The van der Waals surface area contributed by atoms with Crippen molar-refractivity contribution in [2.75, 3.05) is 6.54 Å². The Hall–Kier alpha value is -2.16. The Morgan fingerprint density at radius 2 is 2.19 bits per heavy atom. The zero-order chi connectivity index (χ0) is 15.8. The number of amides is 3. The smallest absolute Gasteiger partial charge is 0.326 e. The minimum Gasteiger partial charge on any atom is -0.480 e. The number of hydrogen-bond donors (Lipinski definition) is 4. The van der Waals surface area contributed by atoms with Crippen LogP contribution in [0.15, 0.2) is 11.6 Å². The lowest BCUT2D eigenvalue weighted by Crippen LogP contribution is -2.47. The number of carbonyl (C=O) groups excluding carboxylic acids is 2. The number of nitrogens with one attached hydrogen (secondary N) is 2. The van der Waals surface area contributed by atoms with E-state index in [1.807, 2.05) is 12.3 Å². The predicted molar refractivity (Wildman–Crippen MR) is 76.9 cm³/mol. The third-order valence-corrected chi connectivity index (χ3v) is 3.73. The molecule has 9 heteroatoms. The van der Waals surface area contributed by atoms with E-state index in [-0.39, 0.29) is 18.8 Å². The topological polar surface area (TPSA) is 134 Å². The fourth-order valence-corrected chi connectivity index (χ4v) is 2.26. The Morgan fingerprint density at radius 1 is 1.48 bits per heavy atom. The summed E-state index contributed by atoms with van der Waals surface area (Å²) in [6.45, 7) is 2.24. The highest BCUT2D eigenvalue weighted by Crippen LogP contribution is 2.16. The maximum Gasteiger partial charge on any atom is 0.326 e. The first-order valence-corrected chi connectivity index (χ1v) is 7.23. The maximum absolute atomic E-state index is 11.7. The number of nitrogens with zero attached hydrogens (tertiary/aromatic N) is 1. The fraction of sp³-hybridized carbons (Fsp3) is 0.500. The molecule has 0 aliphatic carbocycles. The van der Waals surface area contributed by atoms with E-state index in [1.54, 1.807) is 6.20 Å². The maximum atomic E-state index is 11.7. The second-order valence-corrected chi connectivity index (χ2v) is 5.45. The molecule has 0 saturated heterocycles. The monoisotopic (exact) mass is 314 g/mol. The van der Waals surface area contributed by atoms with Crippen molar-refractivity contribution in [2.24, 2.45) is 5.73 Å². The molecule has 0 aromatic carbocycles. The molecule has 3 amide bonds. The predicted octanol–water partition coefficient (Wildman–Crippen LogP) is 0.265. The molecule has 0 spiro atoms. The number of thiazole rings is 1. The van der Waals surface area contributed by atoms with Crippen molar-refractivity contribution in [3.8, 4) is 0 Å². The molecule has 0 aliphatic heterocycles. The summed E-state index contributed by atoms with van der Waals surface area (Å²) in [6, 6.07) is -1.75. The molecule has 116 valence electrons. The summed E-state index contributed by atoms with van der Waals surface area (Å²) in [5, 5.41) is 16.6. The standard InChI is InChI=1S/C12H18N4O4S/c1-7(10-14-4-5-21-10)6-15-12(20)16-8(11(18)19)2-3-9(13)17/h4-5,7-8H,2-3,6H2,1H3,(H2,13,17)(H,18,19)(H2,15,16,20). The highest BCUT2D eigenvalue weighted by molar-refractivity contribution is 7.09. The summed E-state index contributed by atoms with van der Waals surface area (Å²) in [6.07, 6.45) is 1.54. The number of hydrogen-bond acceptors (Lipinski definition) is 5. The van der Waals surface area contributed by atoms with Crippen LogP contribution in [-0.4, -0.2) is 40.6 Å². The molecule has 0 radical (unpaired) electrons. The molecule has 2 unspecified atom stereocenters. The largest absolute Gasteiger partial charge is 0.480 e. The number of carboxylic acids is 1. The normalized spacial score (nSPS) is 13.2. The molecule has 0 saturated carbocycles. The van der Waals surface area contributed by atoms with E-state index in [1.165, 1.54) is 11.3 Å². The molecule has 1 rings (SSSR count). The summed E-state index contributed by atoms with van der Waals surface area (Å²) in [5.74, 6) is -1.79. The Balaban J connectivity index is 2.39. The molecule has 0 bridgehead atoms. The van der Waals surface area contributed by atoms with Gasteiger partial charge in [0, 0.05) is 30.5 Å². The zero-order valence-electron chi connectivity index (χ0n) is 11.5. The first-order valence-electron chi connectivity index (χ1n) is 6.35. The lowest BCUT2D eigenvalue weighted by Gasteiger charge is -2.15. The minimum absolute atomic E-state index is 0.0321. The molecule has 1 aromatic rings. The molecule has 1 heterocycles. The Kier molecular flexibility index (Phi) is 6.60.